The number of aromatic nitrogens is 2. The molecule has 0 atom stereocenters. The molecule has 0 spiro atoms. The number of rotatable bonds is 2. The molecule has 0 aromatic carbocycles. The van der Waals surface area contributed by atoms with Crippen molar-refractivity contribution < 1.29 is 5.11 Å². The minimum atomic E-state index is -0.804. The zero-order chi connectivity index (χ0) is 11.1. The second-order valence-electron chi connectivity index (χ2n) is 4.84. The molecule has 0 radical (unpaired) electrons. The molecule has 1 aliphatic rings. The molecule has 1 aliphatic heterocycles. The van der Waals surface area contributed by atoms with E-state index >= 15 is 0 Å². The van der Waals surface area contributed by atoms with E-state index in [1.807, 2.05) is 13.8 Å². The summed E-state index contributed by atoms with van der Waals surface area (Å²) in [7, 11) is 0. The molecule has 84 valence electrons. The number of aryl methyl sites for hydroxylation is 1. The van der Waals surface area contributed by atoms with Gasteiger partial charge in [0, 0.05) is 18.7 Å². The fourth-order valence-electron chi connectivity index (χ4n) is 2.38. The first-order valence-electron chi connectivity index (χ1n) is 5.85. The van der Waals surface area contributed by atoms with Crippen LogP contribution in [0.5, 0.6) is 0 Å². The van der Waals surface area contributed by atoms with Crippen molar-refractivity contribution in [3.8, 4) is 0 Å². The van der Waals surface area contributed by atoms with Gasteiger partial charge in [-0.3, -0.25) is 0 Å². The van der Waals surface area contributed by atoms with Crippen LogP contribution in [-0.2, 0) is 25.0 Å². The van der Waals surface area contributed by atoms with Crippen LogP contribution in [0.4, 0.5) is 0 Å². The van der Waals surface area contributed by atoms with Crippen molar-refractivity contribution >= 4 is 0 Å². The average Bonchev–Trinajstić information content (AvgIpc) is 2.55. The molecular formula is C12H20N2O. The Balaban J connectivity index is 2.52. The molecule has 2 heterocycles. The maximum atomic E-state index is 10.1. The molecule has 1 N–H and O–H groups in total. The van der Waals surface area contributed by atoms with Crippen LogP contribution in [0.3, 0.4) is 0 Å². The zero-order valence-electron chi connectivity index (χ0n) is 9.88. The van der Waals surface area contributed by atoms with Crippen LogP contribution in [0.15, 0.2) is 0 Å². The molecule has 0 saturated carbocycles. The maximum absolute atomic E-state index is 10.1. The maximum Gasteiger partial charge on any atom is 0.109 e. The molecule has 15 heavy (non-hydrogen) atoms. The number of imidazole rings is 1. The summed E-state index contributed by atoms with van der Waals surface area (Å²) in [5.74, 6) is 1.13. The standard InChI is InChI=1S/C12H20N2O/c1-4-10-13-11(12(2,3)15)9-7-5-6-8-14(9)10/h15H,4-8H2,1-3H3. The van der Waals surface area contributed by atoms with Gasteiger partial charge in [-0.15, -0.1) is 0 Å². The van der Waals surface area contributed by atoms with Gasteiger partial charge < -0.3 is 9.67 Å². The predicted molar refractivity (Wildman–Crippen MR) is 59.8 cm³/mol. The van der Waals surface area contributed by atoms with E-state index in [1.54, 1.807) is 0 Å². The largest absolute Gasteiger partial charge is 0.384 e. The fourth-order valence-corrected chi connectivity index (χ4v) is 2.38. The van der Waals surface area contributed by atoms with E-state index in [9.17, 15) is 5.11 Å². The van der Waals surface area contributed by atoms with Crippen LogP contribution in [0.25, 0.3) is 0 Å². The molecule has 3 heteroatoms. The lowest BCUT2D eigenvalue weighted by Crippen LogP contribution is -2.21. The Morgan fingerprint density at radius 2 is 2.13 bits per heavy atom. The van der Waals surface area contributed by atoms with Crippen molar-refractivity contribution in [3.05, 3.63) is 17.2 Å². The SMILES string of the molecule is CCc1nc(C(C)(C)O)c2n1CCCC2. The third kappa shape index (κ3) is 1.81. The van der Waals surface area contributed by atoms with E-state index in [0.29, 0.717) is 0 Å². The van der Waals surface area contributed by atoms with Gasteiger partial charge in [-0.25, -0.2) is 4.98 Å². The van der Waals surface area contributed by atoms with E-state index in [2.05, 4.69) is 16.5 Å². The molecular weight excluding hydrogens is 188 g/mol. The van der Waals surface area contributed by atoms with Crippen molar-refractivity contribution in [2.24, 2.45) is 0 Å². The number of hydrogen-bond donors (Lipinski definition) is 1. The summed E-state index contributed by atoms with van der Waals surface area (Å²) in [4.78, 5) is 4.59. The highest BCUT2D eigenvalue weighted by atomic mass is 16.3. The van der Waals surface area contributed by atoms with Gasteiger partial charge in [-0.2, -0.15) is 0 Å². The Kier molecular flexibility index (Phi) is 2.59. The smallest absolute Gasteiger partial charge is 0.109 e. The van der Waals surface area contributed by atoms with E-state index in [1.165, 1.54) is 18.5 Å². The lowest BCUT2D eigenvalue weighted by Gasteiger charge is -2.21. The number of hydrogen-bond acceptors (Lipinski definition) is 2. The van der Waals surface area contributed by atoms with E-state index < -0.39 is 5.60 Å². The second kappa shape index (κ2) is 3.63. The lowest BCUT2D eigenvalue weighted by molar-refractivity contribution is 0.0728. The van der Waals surface area contributed by atoms with E-state index in [4.69, 9.17) is 0 Å². The van der Waals surface area contributed by atoms with Crippen molar-refractivity contribution in [3.63, 3.8) is 0 Å². The number of aliphatic hydroxyl groups is 1. The normalized spacial score (nSPS) is 16.5. The summed E-state index contributed by atoms with van der Waals surface area (Å²) in [5, 5.41) is 10.1. The molecule has 2 rings (SSSR count). The monoisotopic (exact) mass is 208 g/mol. The van der Waals surface area contributed by atoms with E-state index in [-0.39, 0.29) is 0 Å². The third-order valence-electron chi connectivity index (χ3n) is 3.09. The Labute approximate surface area is 91.1 Å². The summed E-state index contributed by atoms with van der Waals surface area (Å²) < 4.78 is 2.30. The summed E-state index contributed by atoms with van der Waals surface area (Å²) >= 11 is 0. The van der Waals surface area contributed by atoms with Crippen molar-refractivity contribution in [1.82, 2.24) is 9.55 Å². The molecule has 1 aromatic heterocycles. The highest BCUT2D eigenvalue weighted by Gasteiger charge is 2.28. The van der Waals surface area contributed by atoms with Gasteiger partial charge in [0.1, 0.15) is 11.4 Å². The Morgan fingerprint density at radius 1 is 1.40 bits per heavy atom. The summed E-state index contributed by atoms with van der Waals surface area (Å²) in [6.45, 7) is 6.84. The molecule has 3 nitrogen and oxygen atoms in total. The van der Waals surface area contributed by atoms with Gasteiger partial charge in [-0.05, 0) is 33.1 Å². The van der Waals surface area contributed by atoms with Crippen LogP contribution >= 0.6 is 0 Å². The summed E-state index contributed by atoms with van der Waals surface area (Å²) in [6.07, 6.45) is 4.47. The van der Waals surface area contributed by atoms with Gasteiger partial charge in [0.25, 0.3) is 0 Å². The minimum absolute atomic E-state index is 0.804. The molecule has 0 unspecified atom stereocenters. The van der Waals surface area contributed by atoms with Gasteiger partial charge >= 0.3 is 0 Å². The highest BCUT2D eigenvalue weighted by Crippen LogP contribution is 2.28. The fraction of sp³-hybridized carbons (Fsp3) is 0.750. The molecule has 0 bridgehead atoms. The molecule has 0 aliphatic carbocycles. The van der Waals surface area contributed by atoms with Crippen LogP contribution in [0.1, 0.15) is 50.8 Å². The third-order valence-corrected chi connectivity index (χ3v) is 3.09. The quantitative estimate of drug-likeness (QED) is 0.807. The van der Waals surface area contributed by atoms with Crippen molar-refractivity contribution in [1.29, 1.82) is 0 Å². The second-order valence-corrected chi connectivity index (χ2v) is 4.84. The number of nitrogens with zero attached hydrogens (tertiary/aromatic N) is 2. The summed E-state index contributed by atoms with van der Waals surface area (Å²) in [6, 6.07) is 0. The molecule has 0 saturated heterocycles. The molecule has 1 aromatic rings. The average molecular weight is 208 g/mol. The number of fused-ring (bicyclic) bond motifs is 1. The topological polar surface area (TPSA) is 38.1 Å². The highest BCUT2D eigenvalue weighted by molar-refractivity contribution is 5.24. The van der Waals surface area contributed by atoms with Crippen LogP contribution in [-0.4, -0.2) is 14.7 Å². The van der Waals surface area contributed by atoms with Crippen molar-refractivity contribution in [2.75, 3.05) is 0 Å². The Morgan fingerprint density at radius 3 is 2.73 bits per heavy atom. The van der Waals surface area contributed by atoms with Gasteiger partial charge in [-0.1, -0.05) is 6.92 Å². The first-order chi connectivity index (χ1) is 7.04. The zero-order valence-corrected chi connectivity index (χ0v) is 9.88. The summed E-state index contributed by atoms with van der Waals surface area (Å²) in [5.41, 5.74) is 1.34. The molecule has 0 amide bonds. The van der Waals surface area contributed by atoms with Gasteiger partial charge in [0.15, 0.2) is 0 Å². The first kappa shape index (κ1) is 10.7. The Hall–Kier alpha value is -0.830. The van der Waals surface area contributed by atoms with E-state index in [0.717, 1.165) is 30.9 Å². The van der Waals surface area contributed by atoms with Gasteiger partial charge in [0.2, 0.25) is 0 Å². The van der Waals surface area contributed by atoms with Crippen LogP contribution < -0.4 is 0 Å². The van der Waals surface area contributed by atoms with Crippen molar-refractivity contribution in [2.45, 2.75) is 58.6 Å². The minimum Gasteiger partial charge on any atom is -0.384 e. The first-order valence-corrected chi connectivity index (χ1v) is 5.85. The lowest BCUT2D eigenvalue weighted by atomic mass is 9.99. The molecule has 0 fully saturated rings. The van der Waals surface area contributed by atoms with Crippen LogP contribution in [0.2, 0.25) is 0 Å². The predicted octanol–water partition coefficient (Wildman–Crippen LogP) is 2.01. The Bertz CT molecular complexity index is 360. The van der Waals surface area contributed by atoms with Crippen LogP contribution in [0, 0.1) is 0 Å². The van der Waals surface area contributed by atoms with Gasteiger partial charge in [0.05, 0.1) is 5.69 Å².